The largest absolute Gasteiger partial charge is 0.121 e. The van der Waals surface area contributed by atoms with Crippen molar-refractivity contribution in [3.8, 4) is 0 Å². The lowest BCUT2D eigenvalue weighted by Crippen LogP contribution is -2.58. The van der Waals surface area contributed by atoms with Gasteiger partial charge in [-0.1, -0.05) is 120 Å². The Hall–Kier alpha value is -2.38. The maximum atomic E-state index is 2.54. The quantitative estimate of drug-likeness (QED) is 0.389. The molecule has 0 fully saturated rings. The Morgan fingerprint density at radius 2 is 1.19 bits per heavy atom. The van der Waals surface area contributed by atoms with Crippen LogP contribution in [0.25, 0.3) is 0 Å². The Morgan fingerprint density at radius 1 is 0.731 bits per heavy atom. The van der Waals surface area contributed by atoms with E-state index in [4.69, 9.17) is 0 Å². The van der Waals surface area contributed by atoms with Crippen molar-refractivity contribution in [2.45, 2.75) is 31.9 Å². The highest BCUT2D eigenvalue weighted by atomic mass is 28.3. The topological polar surface area (TPSA) is 0 Å². The van der Waals surface area contributed by atoms with Gasteiger partial charge in [-0.05, 0) is 30.9 Å². The van der Waals surface area contributed by atoms with Gasteiger partial charge >= 0.3 is 0 Å². The van der Waals surface area contributed by atoms with E-state index in [0.717, 1.165) is 6.42 Å². The van der Waals surface area contributed by atoms with Crippen LogP contribution in [0.1, 0.15) is 18.9 Å². The minimum Gasteiger partial charge on any atom is -0.0916 e. The molecule has 0 aliphatic rings. The monoisotopic (exact) mass is 356 g/mol. The smallest absolute Gasteiger partial charge is 0.0916 e. The Morgan fingerprint density at radius 3 is 1.65 bits per heavy atom. The predicted octanol–water partition coefficient (Wildman–Crippen LogP) is 5.46. The van der Waals surface area contributed by atoms with Crippen LogP contribution in [-0.4, -0.2) is 8.07 Å². The molecule has 0 saturated carbocycles. The Labute approximate surface area is 159 Å². The van der Waals surface area contributed by atoms with Crippen LogP contribution in [0.15, 0.2) is 103 Å². The minimum absolute atomic E-state index is 0.567. The van der Waals surface area contributed by atoms with Crippen molar-refractivity contribution >= 4 is 18.4 Å². The van der Waals surface area contributed by atoms with Gasteiger partial charge in [0.05, 0.1) is 0 Å². The first-order valence-corrected chi connectivity index (χ1v) is 12.1. The second-order valence-corrected chi connectivity index (χ2v) is 11.4. The molecule has 0 aliphatic heterocycles. The molecular weight excluding hydrogens is 328 g/mol. The SMILES string of the molecule is C/C=C/C(CCc1ccccc1)[Si](C)(c1ccccc1)c1ccccc1. The first kappa shape index (κ1) is 18.4. The zero-order valence-corrected chi connectivity index (χ0v) is 16.8. The molecule has 132 valence electrons. The Kier molecular flexibility index (Phi) is 6.24. The standard InChI is InChI=1S/C25H28Si/c1-3-13-23(21-20-22-14-7-4-8-15-22)26(2,24-16-9-5-10-17-24)25-18-11-6-12-19-25/h3-19,23H,20-21H2,1-2H3/b13-3+. The van der Waals surface area contributed by atoms with Gasteiger partial charge in [-0.25, -0.2) is 0 Å². The molecule has 0 spiro atoms. The fourth-order valence-electron chi connectivity index (χ4n) is 3.94. The predicted molar refractivity (Wildman–Crippen MR) is 117 cm³/mol. The van der Waals surface area contributed by atoms with E-state index in [2.05, 4.69) is 117 Å². The molecule has 0 heterocycles. The number of allylic oxidation sites excluding steroid dienone is 2. The number of aryl methyl sites for hydroxylation is 1. The summed E-state index contributed by atoms with van der Waals surface area (Å²) in [5.74, 6) is 0. The summed E-state index contributed by atoms with van der Waals surface area (Å²) in [6.45, 7) is 4.69. The number of hydrogen-bond acceptors (Lipinski definition) is 0. The van der Waals surface area contributed by atoms with Crippen LogP contribution in [-0.2, 0) is 6.42 Å². The van der Waals surface area contributed by atoms with Crippen molar-refractivity contribution in [3.63, 3.8) is 0 Å². The highest BCUT2D eigenvalue weighted by molar-refractivity contribution is 7.02. The van der Waals surface area contributed by atoms with E-state index < -0.39 is 8.07 Å². The molecule has 3 rings (SSSR count). The molecule has 3 aromatic carbocycles. The molecule has 3 aromatic rings. The highest BCUT2D eigenvalue weighted by Gasteiger charge is 2.38. The van der Waals surface area contributed by atoms with Gasteiger partial charge in [0.15, 0.2) is 0 Å². The third-order valence-electron chi connectivity index (χ3n) is 5.50. The summed E-state index contributed by atoms with van der Waals surface area (Å²) in [7, 11) is -1.89. The average molecular weight is 357 g/mol. The van der Waals surface area contributed by atoms with Crippen LogP contribution >= 0.6 is 0 Å². The third kappa shape index (κ3) is 4.05. The molecule has 0 amide bonds. The lowest BCUT2D eigenvalue weighted by Gasteiger charge is -2.36. The van der Waals surface area contributed by atoms with Gasteiger partial charge in [0.1, 0.15) is 8.07 Å². The van der Waals surface area contributed by atoms with Crippen LogP contribution < -0.4 is 10.4 Å². The van der Waals surface area contributed by atoms with E-state index in [0.29, 0.717) is 5.54 Å². The average Bonchev–Trinajstić information content (AvgIpc) is 2.72. The van der Waals surface area contributed by atoms with Crippen LogP contribution in [0.3, 0.4) is 0 Å². The molecular formula is C25H28Si. The van der Waals surface area contributed by atoms with Crippen LogP contribution in [0.4, 0.5) is 0 Å². The summed E-state index contributed by atoms with van der Waals surface area (Å²) in [5, 5.41) is 3.03. The number of benzene rings is 3. The maximum Gasteiger partial charge on any atom is 0.121 e. The molecule has 0 aromatic heterocycles. The molecule has 0 aliphatic carbocycles. The lowest BCUT2D eigenvalue weighted by molar-refractivity contribution is 0.821. The second kappa shape index (κ2) is 8.82. The molecule has 0 nitrogen and oxygen atoms in total. The van der Waals surface area contributed by atoms with Crippen LogP contribution in [0.5, 0.6) is 0 Å². The van der Waals surface area contributed by atoms with Gasteiger partial charge in [0, 0.05) is 0 Å². The van der Waals surface area contributed by atoms with Crippen molar-refractivity contribution < 1.29 is 0 Å². The molecule has 0 saturated heterocycles. The zero-order valence-electron chi connectivity index (χ0n) is 15.8. The van der Waals surface area contributed by atoms with Gasteiger partial charge in [-0.3, -0.25) is 0 Å². The van der Waals surface area contributed by atoms with Gasteiger partial charge in [-0.15, -0.1) is 0 Å². The first-order valence-electron chi connectivity index (χ1n) is 9.53. The molecule has 0 bridgehead atoms. The number of rotatable bonds is 7. The molecule has 0 radical (unpaired) electrons. The lowest BCUT2D eigenvalue weighted by atomic mass is 10.1. The summed E-state index contributed by atoms with van der Waals surface area (Å²) in [5.41, 5.74) is 2.00. The van der Waals surface area contributed by atoms with E-state index >= 15 is 0 Å². The van der Waals surface area contributed by atoms with E-state index in [1.165, 1.54) is 22.4 Å². The summed E-state index contributed by atoms with van der Waals surface area (Å²) in [6, 6.07) is 33.2. The van der Waals surface area contributed by atoms with Crippen LogP contribution in [0, 0.1) is 0 Å². The zero-order chi connectivity index (χ0) is 18.2. The van der Waals surface area contributed by atoms with Crippen molar-refractivity contribution in [1.29, 1.82) is 0 Å². The summed E-state index contributed by atoms with van der Waals surface area (Å²) in [6.07, 6.45) is 7.00. The number of hydrogen-bond donors (Lipinski definition) is 0. The van der Waals surface area contributed by atoms with Gasteiger partial charge in [-0.2, -0.15) is 0 Å². The van der Waals surface area contributed by atoms with Crippen molar-refractivity contribution in [2.75, 3.05) is 0 Å². The van der Waals surface area contributed by atoms with E-state index in [1.54, 1.807) is 0 Å². The minimum atomic E-state index is -1.89. The summed E-state index contributed by atoms with van der Waals surface area (Å²) in [4.78, 5) is 0. The second-order valence-electron chi connectivity index (χ2n) is 7.09. The fraction of sp³-hybridized carbons (Fsp3) is 0.200. The molecule has 0 N–H and O–H groups in total. The van der Waals surface area contributed by atoms with Crippen molar-refractivity contribution in [3.05, 3.63) is 109 Å². The normalized spacial score (nSPS) is 13.0. The highest BCUT2D eigenvalue weighted by Crippen LogP contribution is 2.29. The molecule has 1 atom stereocenters. The van der Waals surface area contributed by atoms with Crippen molar-refractivity contribution in [2.24, 2.45) is 0 Å². The maximum absolute atomic E-state index is 2.54. The molecule has 1 unspecified atom stereocenters. The Balaban J connectivity index is 2.00. The van der Waals surface area contributed by atoms with E-state index in [1.807, 2.05) is 0 Å². The van der Waals surface area contributed by atoms with Gasteiger partial charge in [0.25, 0.3) is 0 Å². The van der Waals surface area contributed by atoms with Gasteiger partial charge < -0.3 is 0 Å². The molecule has 1 heteroatoms. The van der Waals surface area contributed by atoms with Crippen molar-refractivity contribution in [1.82, 2.24) is 0 Å². The van der Waals surface area contributed by atoms with Crippen LogP contribution in [0.2, 0.25) is 12.1 Å². The van der Waals surface area contributed by atoms with E-state index in [9.17, 15) is 0 Å². The fourth-order valence-corrected chi connectivity index (χ4v) is 8.20. The molecule has 26 heavy (non-hydrogen) atoms. The summed E-state index contributed by atoms with van der Waals surface area (Å²) < 4.78 is 0. The summed E-state index contributed by atoms with van der Waals surface area (Å²) >= 11 is 0. The first-order chi connectivity index (χ1) is 12.7. The third-order valence-corrected chi connectivity index (χ3v) is 10.5. The van der Waals surface area contributed by atoms with E-state index in [-0.39, 0.29) is 0 Å². The Bertz CT molecular complexity index is 767. The van der Waals surface area contributed by atoms with Gasteiger partial charge in [0.2, 0.25) is 0 Å².